The van der Waals surface area contributed by atoms with Crippen molar-refractivity contribution in [1.29, 1.82) is 0 Å². The highest BCUT2D eigenvalue weighted by Gasteiger charge is 2.40. The van der Waals surface area contributed by atoms with Gasteiger partial charge in [0, 0.05) is 6.42 Å². The summed E-state index contributed by atoms with van der Waals surface area (Å²) in [5.74, 6) is -3.75. The van der Waals surface area contributed by atoms with Crippen LogP contribution in [0.15, 0.2) is 59.4 Å². The second kappa shape index (κ2) is 12.2. The fraction of sp³-hybridized carbons (Fsp3) is 0.480. The maximum absolute atomic E-state index is 12.4. The van der Waals surface area contributed by atoms with E-state index in [1.807, 2.05) is 45.1 Å². The van der Waals surface area contributed by atoms with Crippen LogP contribution in [0.2, 0.25) is 0 Å². The third-order valence-corrected chi connectivity index (χ3v) is 5.33. The Morgan fingerprint density at radius 2 is 1.88 bits per heavy atom. The third kappa shape index (κ3) is 8.30. The molecule has 0 radical (unpaired) electrons. The fourth-order valence-corrected chi connectivity index (χ4v) is 3.28. The summed E-state index contributed by atoms with van der Waals surface area (Å²) in [6, 6.07) is -1.28. The summed E-state index contributed by atoms with van der Waals surface area (Å²) >= 11 is 0. The number of rotatable bonds is 11. The van der Waals surface area contributed by atoms with Gasteiger partial charge in [0.2, 0.25) is 0 Å². The summed E-state index contributed by atoms with van der Waals surface area (Å²) in [5.41, 5.74) is -1.66. The molecule has 0 unspecified atom stereocenters. The zero-order valence-corrected chi connectivity index (χ0v) is 19.4. The molecule has 7 nitrogen and oxygen atoms in total. The number of ketones is 1. The second-order valence-corrected chi connectivity index (χ2v) is 8.63. The molecule has 1 rings (SSSR count). The van der Waals surface area contributed by atoms with Crippen LogP contribution < -0.4 is 15.5 Å². The lowest BCUT2D eigenvalue weighted by Crippen LogP contribution is -2.50. The Morgan fingerprint density at radius 3 is 2.47 bits per heavy atom. The number of nitrogens with one attached hydrogen (secondary N) is 1. The molecule has 7 heteroatoms. The van der Waals surface area contributed by atoms with Crippen LogP contribution >= 0.6 is 0 Å². The van der Waals surface area contributed by atoms with Crippen molar-refractivity contribution in [1.82, 2.24) is 5.32 Å². The molecular formula is C25H33NO6-2. The van der Waals surface area contributed by atoms with Crippen LogP contribution in [0.25, 0.3) is 0 Å². The summed E-state index contributed by atoms with van der Waals surface area (Å²) in [6.45, 7) is 9.03. The minimum absolute atomic E-state index is 0.0537. The lowest BCUT2D eigenvalue weighted by Gasteiger charge is -2.26. The number of carboxylic acids is 1. The van der Waals surface area contributed by atoms with Crippen LogP contribution in [0, 0.1) is 11.8 Å². The largest absolute Gasteiger partial charge is 0.872 e. The maximum Gasteiger partial charge on any atom is 0.254 e. The van der Waals surface area contributed by atoms with Crippen molar-refractivity contribution in [3.8, 4) is 0 Å². The molecule has 0 aliphatic carbocycles. The first-order valence-corrected chi connectivity index (χ1v) is 10.7. The summed E-state index contributed by atoms with van der Waals surface area (Å²) < 4.78 is 0. The Bertz CT molecular complexity index is 860. The van der Waals surface area contributed by atoms with Gasteiger partial charge in [-0.15, -0.1) is 0 Å². The van der Waals surface area contributed by atoms with E-state index in [0.717, 1.165) is 19.8 Å². The summed E-state index contributed by atoms with van der Waals surface area (Å²) in [6.07, 6.45) is 14.1. The molecule has 1 aliphatic heterocycles. The van der Waals surface area contributed by atoms with Crippen molar-refractivity contribution < 1.29 is 29.7 Å². The monoisotopic (exact) mass is 443 g/mol. The van der Waals surface area contributed by atoms with E-state index >= 15 is 0 Å². The van der Waals surface area contributed by atoms with Crippen LogP contribution in [0.4, 0.5) is 0 Å². The Balaban J connectivity index is 2.70. The van der Waals surface area contributed by atoms with Crippen molar-refractivity contribution >= 4 is 17.7 Å². The van der Waals surface area contributed by atoms with E-state index in [0.29, 0.717) is 5.92 Å². The van der Waals surface area contributed by atoms with Gasteiger partial charge in [0.15, 0.2) is 5.78 Å². The third-order valence-electron chi connectivity index (χ3n) is 5.33. The molecule has 0 bridgehead atoms. The van der Waals surface area contributed by atoms with Gasteiger partial charge in [-0.3, -0.25) is 9.59 Å². The highest BCUT2D eigenvalue weighted by Crippen LogP contribution is 2.22. The lowest BCUT2D eigenvalue weighted by molar-refractivity contribution is -0.324. The SMILES string of the molecule is C/C=C(C)/C=C/C=C/C[C@@H](C)C[C@@H](C)/C=C/C([O-])=C1/C(=O)N[C@@H](C[C@@](C)(O)C(=O)[O-])C1=O. The summed E-state index contributed by atoms with van der Waals surface area (Å²) in [7, 11) is 0. The van der Waals surface area contributed by atoms with Crippen LogP contribution in [0.1, 0.15) is 53.9 Å². The van der Waals surface area contributed by atoms with Crippen LogP contribution in [0.3, 0.4) is 0 Å². The molecule has 0 aromatic heterocycles. The number of hydrogen-bond acceptors (Lipinski definition) is 6. The molecule has 2 N–H and O–H groups in total. The van der Waals surface area contributed by atoms with E-state index in [1.165, 1.54) is 11.6 Å². The Morgan fingerprint density at radius 1 is 1.22 bits per heavy atom. The molecule has 0 spiro atoms. The number of Topliss-reactive ketones (excluding diaryl/α,β-unsaturated/α-hetero) is 1. The highest BCUT2D eigenvalue weighted by molar-refractivity contribution is 6.27. The van der Waals surface area contributed by atoms with Crippen LogP contribution in [-0.4, -0.2) is 34.4 Å². The summed E-state index contributed by atoms with van der Waals surface area (Å²) in [4.78, 5) is 35.4. The number of carbonyl (C=O) groups excluding carboxylic acids is 3. The lowest BCUT2D eigenvalue weighted by atomic mass is 9.93. The van der Waals surface area contributed by atoms with E-state index in [9.17, 15) is 29.7 Å². The smallest absolute Gasteiger partial charge is 0.254 e. The topological polar surface area (TPSA) is 130 Å². The average molecular weight is 444 g/mol. The van der Waals surface area contributed by atoms with Crippen molar-refractivity contribution in [2.75, 3.05) is 0 Å². The first kappa shape index (κ1) is 27.1. The molecule has 1 heterocycles. The molecule has 0 aromatic carbocycles. The first-order chi connectivity index (χ1) is 14.9. The molecular weight excluding hydrogens is 410 g/mol. The molecule has 176 valence electrons. The molecule has 32 heavy (non-hydrogen) atoms. The van der Waals surface area contributed by atoms with E-state index in [2.05, 4.69) is 18.3 Å². The Hall–Kier alpha value is -2.93. The molecule has 1 aliphatic rings. The number of amides is 1. The molecule has 4 atom stereocenters. The average Bonchev–Trinajstić information content (AvgIpc) is 2.97. The molecule has 0 aromatic rings. The Labute approximate surface area is 189 Å². The number of carboxylic acid groups (broad SMARTS) is 1. The number of aliphatic hydroxyl groups is 1. The van der Waals surface area contributed by atoms with Crippen LogP contribution in [0.5, 0.6) is 0 Å². The second-order valence-electron chi connectivity index (χ2n) is 8.63. The molecule has 1 fully saturated rings. The van der Waals surface area contributed by atoms with Crippen LogP contribution in [-0.2, 0) is 14.4 Å². The number of aliphatic carboxylic acids is 1. The van der Waals surface area contributed by atoms with Gasteiger partial charge in [-0.2, -0.15) is 0 Å². The number of allylic oxidation sites excluding steroid dienone is 8. The normalized spacial score (nSPS) is 23.1. The molecule has 1 amide bonds. The van der Waals surface area contributed by atoms with Gasteiger partial charge in [-0.25, -0.2) is 0 Å². The van der Waals surface area contributed by atoms with E-state index in [4.69, 9.17) is 0 Å². The highest BCUT2D eigenvalue weighted by atomic mass is 16.4. The molecule has 0 saturated carbocycles. The fourth-order valence-electron chi connectivity index (χ4n) is 3.28. The zero-order valence-electron chi connectivity index (χ0n) is 19.4. The standard InChI is InChI=1S/C25H35NO6/c1-6-16(2)10-8-7-9-11-17(3)14-18(4)12-13-20(27)21-22(28)19(26-23(21)29)15-25(5,32)24(30)31/h6-10,12-13,17-19,27,32H,11,14-15H2,1-5H3,(H,26,29)(H,30,31)/p-2/b9-7+,10-8+,13-12+,16-6+,21-20-/t17-,18+,19+,25-/m1/s1. The minimum atomic E-state index is -2.30. The van der Waals surface area contributed by atoms with E-state index in [1.54, 1.807) is 6.08 Å². The van der Waals surface area contributed by atoms with Gasteiger partial charge >= 0.3 is 0 Å². The maximum atomic E-state index is 12.4. The van der Waals surface area contributed by atoms with Gasteiger partial charge < -0.3 is 25.4 Å². The zero-order chi connectivity index (χ0) is 24.5. The molecule has 1 saturated heterocycles. The number of carbonyl (C=O) groups is 3. The van der Waals surface area contributed by atoms with Gasteiger partial charge in [0.25, 0.3) is 5.91 Å². The van der Waals surface area contributed by atoms with Gasteiger partial charge in [0.05, 0.1) is 17.6 Å². The van der Waals surface area contributed by atoms with Gasteiger partial charge in [-0.1, -0.05) is 67.7 Å². The number of hydrogen-bond donors (Lipinski definition) is 2. The van der Waals surface area contributed by atoms with Crippen molar-refractivity contribution in [3.05, 3.63) is 59.4 Å². The predicted octanol–water partition coefficient (Wildman–Crippen LogP) is 1.25. The Kier molecular flexibility index (Phi) is 10.3. The van der Waals surface area contributed by atoms with Crippen molar-refractivity contribution in [2.24, 2.45) is 11.8 Å². The van der Waals surface area contributed by atoms with Gasteiger partial charge in [0.1, 0.15) is 5.60 Å². The van der Waals surface area contributed by atoms with E-state index in [-0.39, 0.29) is 5.92 Å². The first-order valence-electron chi connectivity index (χ1n) is 10.7. The van der Waals surface area contributed by atoms with E-state index < -0.39 is 47.1 Å². The van der Waals surface area contributed by atoms with Gasteiger partial charge in [-0.05, 0) is 45.4 Å². The summed E-state index contributed by atoms with van der Waals surface area (Å²) in [5, 5.41) is 35.4. The van der Waals surface area contributed by atoms with Crippen molar-refractivity contribution in [2.45, 2.75) is 65.5 Å². The minimum Gasteiger partial charge on any atom is -0.872 e. The quantitative estimate of drug-likeness (QED) is 0.214. The predicted molar refractivity (Wildman–Crippen MR) is 119 cm³/mol. The van der Waals surface area contributed by atoms with Crippen molar-refractivity contribution in [3.63, 3.8) is 0 Å².